The number of anilines is 1. The van der Waals surface area contributed by atoms with Crippen LogP contribution in [-0.4, -0.2) is 36.4 Å². The van der Waals surface area contributed by atoms with E-state index in [2.05, 4.69) is 5.32 Å². The van der Waals surface area contributed by atoms with Crippen molar-refractivity contribution in [3.63, 3.8) is 0 Å². The highest BCUT2D eigenvalue weighted by atomic mass is 32.2. The maximum absolute atomic E-state index is 12.3. The summed E-state index contributed by atoms with van der Waals surface area (Å²) in [5.74, 6) is 0.613. The van der Waals surface area contributed by atoms with Crippen molar-refractivity contribution in [3.8, 4) is 0 Å². The van der Waals surface area contributed by atoms with E-state index in [1.807, 2.05) is 24.5 Å². The van der Waals surface area contributed by atoms with E-state index in [1.165, 1.54) is 0 Å². The summed E-state index contributed by atoms with van der Waals surface area (Å²) >= 11 is 1.68. The van der Waals surface area contributed by atoms with Crippen LogP contribution in [0.1, 0.15) is 17.3 Å². The van der Waals surface area contributed by atoms with Gasteiger partial charge in [-0.15, -0.1) is 0 Å². The Labute approximate surface area is 111 Å². The van der Waals surface area contributed by atoms with Crippen molar-refractivity contribution in [2.75, 3.05) is 23.5 Å². The number of amides is 2. The van der Waals surface area contributed by atoms with Crippen LogP contribution in [0.4, 0.5) is 5.69 Å². The van der Waals surface area contributed by atoms with Crippen LogP contribution in [0.15, 0.2) is 24.3 Å². The smallest absolute Gasteiger partial charge is 0.254 e. The number of carbonyl (C=O) groups excluding carboxylic acids is 2. The molecular weight excluding hydrogens is 248 g/mol. The second-order valence-corrected chi connectivity index (χ2v) is 5.18. The maximum Gasteiger partial charge on any atom is 0.254 e. The molecule has 0 bridgehead atoms. The van der Waals surface area contributed by atoms with Crippen LogP contribution in [0.25, 0.3) is 0 Å². The molecule has 2 rings (SSSR count). The molecule has 18 heavy (non-hydrogen) atoms. The van der Waals surface area contributed by atoms with Crippen LogP contribution in [0, 0.1) is 0 Å². The number of benzene rings is 1. The Morgan fingerprint density at radius 3 is 2.78 bits per heavy atom. The molecule has 0 spiro atoms. The SMILES string of the molecule is CSCCN1C(=O)C(C)NC(=O)c2ccccc21. The summed E-state index contributed by atoms with van der Waals surface area (Å²) in [6.45, 7) is 2.34. The quantitative estimate of drug-likeness (QED) is 0.900. The van der Waals surface area contributed by atoms with E-state index >= 15 is 0 Å². The van der Waals surface area contributed by atoms with Gasteiger partial charge in [0, 0.05) is 12.3 Å². The summed E-state index contributed by atoms with van der Waals surface area (Å²) in [7, 11) is 0. The van der Waals surface area contributed by atoms with E-state index in [4.69, 9.17) is 0 Å². The largest absolute Gasteiger partial charge is 0.340 e. The number of para-hydroxylation sites is 1. The Bertz CT molecular complexity index is 476. The van der Waals surface area contributed by atoms with Crippen molar-refractivity contribution < 1.29 is 9.59 Å². The first kappa shape index (κ1) is 13.0. The minimum Gasteiger partial charge on any atom is -0.340 e. The van der Waals surface area contributed by atoms with Gasteiger partial charge in [0.2, 0.25) is 5.91 Å². The Kier molecular flexibility index (Phi) is 3.91. The number of carbonyl (C=O) groups is 2. The molecule has 4 nitrogen and oxygen atoms in total. The fourth-order valence-electron chi connectivity index (χ4n) is 2.00. The van der Waals surface area contributed by atoms with Gasteiger partial charge in [-0.05, 0) is 25.3 Å². The molecule has 0 aliphatic carbocycles. The third-order valence-corrected chi connectivity index (χ3v) is 3.53. The van der Waals surface area contributed by atoms with E-state index in [0.29, 0.717) is 17.8 Å². The standard InChI is InChI=1S/C13H16N2O2S/c1-9-13(17)15(7-8-18-2)11-6-4-3-5-10(11)12(16)14-9/h3-6,9H,7-8H2,1-2H3,(H,14,16). The van der Waals surface area contributed by atoms with Gasteiger partial charge in [-0.3, -0.25) is 9.59 Å². The normalized spacial score (nSPS) is 19.2. The van der Waals surface area contributed by atoms with Gasteiger partial charge < -0.3 is 10.2 Å². The molecular formula is C13H16N2O2S. The molecule has 1 aliphatic heterocycles. The number of thioether (sulfide) groups is 1. The molecule has 0 radical (unpaired) electrons. The van der Waals surface area contributed by atoms with E-state index < -0.39 is 6.04 Å². The molecule has 1 aromatic carbocycles. The minimum atomic E-state index is -0.480. The predicted molar refractivity (Wildman–Crippen MR) is 74.1 cm³/mol. The average molecular weight is 264 g/mol. The van der Waals surface area contributed by atoms with Crippen molar-refractivity contribution in [2.45, 2.75) is 13.0 Å². The first-order valence-corrected chi connectivity index (χ1v) is 7.24. The van der Waals surface area contributed by atoms with Gasteiger partial charge in [-0.1, -0.05) is 12.1 Å². The van der Waals surface area contributed by atoms with E-state index in [-0.39, 0.29) is 11.8 Å². The molecule has 0 aromatic heterocycles. The zero-order valence-electron chi connectivity index (χ0n) is 10.5. The second-order valence-electron chi connectivity index (χ2n) is 4.19. The Morgan fingerprint density at radius 2 is 2.06 bits per heavy atom. The third kappa shape index (κ3) is 2.36. The van der Waals surface area contributed by atoms with Gasteiger partial charge in [-0.2, -0.15) is 11.8 Å². The van der Waals surface area contributed by atoms with Crippen LogP contribution in [-0.2, 0) is 4.79 Å². The summed E-state index contributed by atoms with van der Waals surface area (Å²) < 4.78 is 0. The molecule has 2 amide bonds. The Hall–Kier alpha value is -1.49. The number of hydrogen-bond donors (Lipinski definition) is 1. The molecule has 1 N–H and O–H groups in total. The molecule has 1 unspecified atom stereocenters. The third-order valence-electron chi connectivity index (χ3n) is 2.94. The van der Waals surface area contributed by atoms with Crippen LogP contribution >= 0.6 is 11.8 Å². The Morgan fingerprint density at radius 1 is 1.33 bits per heavy atom. The van der Waals surface area contributed by atoms with Crippen molar-refractivity contribution in [1.29, 1.82) is 0 Å². The minimum absolute atomic E-state index is 0.0534. The average Bonchev–Trinajstić information content (AvgIpc) is 2.46. The Balaban J connectivity index is 2.43. The molecule has 1 heterocycles. The summed E-state index contributed by atoms with van der Waals surface area (Å²) in [4.78, 5) is 25.9. The van der Waals surface area contributed by atoms with E-state index in [0.717, 1.165) is 5.75 Å². The van der Waals surface area contributed by atoms with Gasteiger partial charge in [0.15, 0.2) is 0 Å². The number of hydrogen-bond acceptors (Lipinski definition) is 3. The lowest BCUT2D eigenvalue weighted by atomic mass is 10.1. The molecule has 96 valence electrons. The lowest BCUT2D eigenvalue weighted by Crippen LogP contribution is -2.44. The van der Waals surface area contributed by atoms with Crippen molar-refractivity contribution in [3.05, 3.63) is 29.8 Å². The highest BCUT2D eigenvalue weighted by Crippen LogP contribution is 2.24. The zero-order valence-corrected chi connectivity index (χ0v) is 11.3. The molecule has 0 saturated heterocycles. The van der Waals surface area contributed by atoms with Crippen LogP contribution < -0.4 is 10.2 Å². The number of nitrogens with one attached hydrogen (secondary N) is 1. The summed E-state index contributed by atoms with van der Waals surface area (Å²) in [5.41, 5.74) is 1.27. The van der Waals surface area contributed by atoms with Crippen molar-refractivity contribution >= 4 is 29.3 Å². The molecule has 1 aliphatic rings. The fraction of sp³-hybridized carbons (Fsp3) is 0.385. The van der Waals surface area contributed by atoms with Gasteiger partial charge in [0.1, 0.15) is 6.04 Å². The molecule has 5 heteroatoms. The van der Waals surface area contributed by atoms with Gasteiger partial charge >= 0.3 is 0 Å². The lowest BCUT2D eigenvalue weighted by Gasteiger charge is -2.23. The number of nitrogens with zero attached hydrogens (tertiary/aromatic N) is 1. The summed E-state index contributed by atoms with van der Waals surface area (Å²) in [6, 6.07) is 6.76. The highest BCUT2D eigenvalue weighted by Gasteiger charge is 2.30. The van der Waals surface area contributed by atoms with Gasteiger partial charge in [0.25, 0.3) is 5.91 Å². The monoisotopic (exact) mass is 264 g/mol. The molecule has 1 atom stereocenters. The number of rotatable bonds is 3. The van der Waals surface area contributed by atoms with Crippen molar-refractivity contribution in [1.82, 2.24) is 5.32 Å². The zero-order chi connectivity index (χ0) is 13.1. The van der Waals surface area contributed by atoms with Gasteiger partial charge in [0.05, 0.1) is 11.3 Å². The molecule has 0 fully saturated rings. The number of fused-ring (bicyclic) bond motifs is 1. The maximum atomic E-state index is 12.3. The summed E-state index contributed by atoms with van der Waals surface area (Å²) in [5, 5.41) is 2.72. The van der Waals surface area contributed by atoms with E-state index in [1.54, 1.807) is 29.7 Å². The van der Waals surface area contributed by atoms with E-state index in [9.17, 15) is 9.59 Å². The second kappa shape index (κ2) is 5.44. The molecule has 0 saturated carbocycles. The fourth-order valence-corrected chi connectivity index (χ4v) is 2.37. The summed E-state index contributed by atoms with van der Waals surface area (Å²) in [6.07, 6.45) is 2.00. The predicted octanol–water partition coefficient (Wildman–Crippen LogP) is 1.51. The topological polar surface area (TPSA) is 49.4 Å². The first-order valence-electron chi connectivity index (χ1n) is 5.85. The molecule has 1 aromatic rings. The van der Waals surface area contributed by atoms with Crippen LogP contribution in [0.5, 0.6) is 0 Å². The van der Waals surface area contributed by atoms with Crippen LogP contribution in [0.3, 0.4) is 0 Å². The lowest BCUT2D eigenvalue weighted by molar-refractivity contribution is -0.119. The van der Waals surface area contributed by atoms with Crippen LogP contribution in [0.2, 0.25) is 0 Å². The highest BCUT2D eigenvalue weighted by molar-refractivity contribution is 7.98. The van der Waals surface area contributed by atoms with Gasteiger partial charge in [-0.25, -0.2) is 0 Å². The first-order chi connectivity index (χ1) is 8.65. The van der Waals surface area contributed by atoms with Crippen molar-refractivity contribution in [2.24, 2.45) is 0 Å².